The Labute approximate surface area is 187 Å². The topological polar surface area (TPSA) is 57.7 Å². The fraction of sp³-hybridized carbons (Fsp3) is 0.440. The summed E-state index contributed by atoms with van der Waals surface area (Å²) < 4.78 is 11.2. The van der Waals surface area contributed by atoms with Gasteiger partial charge in [-0.2, -0.15) is 0 Å². The number of fused-ring (bicyclic) bond motifs is 3. The summed E-state index contributed by atoms with van der Waals surface area (Å²) in [6.07, 6.45) is 2.89. The van der Waals surface area contributed by atoms with Gasteiger partial charge in [-0.25, -0.2) is 0 Å². The highest BCUT2D eigenvalue weighted by Gasteiger charge is 2.25. The van der Waals surface area contributed by atoms with E-state index < -0.39 is 6.10 Å². The van der Waals surface area contributed by atoms with Gasteiger partial charge in [0, 0.05) is 47.2 Å². The number of aliphatic hydroxyl groups excluding tert-OH is 1. The number of β-amino-alcohol motifs (C(OH)–C–C–N with tert-alkyl or cyclic N) is 1. The lowest BCUT2D eigenvalue weighted by molar-refractivity contribution is 0.00465. The summed E-state index contributed by atoms with van der Waals surface area (Å²) in [5, 5.41) is 12.3. The van der Waals surface area contributed by atoms with Crippen molar-refractivity contribution in [3.63, 3.8) is 0 Å². The van der Waals surface area contributed by atoms with Crippen molar-refractivity contribution in [3.05, 3.63) is 64.3 Å². The third kappa shape index (κ3) is 4.60. The quantitative estimate of drug-likeness (QED) is 0.598. The average Bonchev–Trinajstić information content (AvgIpc) is 3.17. The number of ether oxygens (including phenoxy) is 2. The van der Waals surface area contributed by atoms with Crippen LogP contribution in [0, 0.1) is 0 Å². The molecule has 1 saturated heterocycles. The van der Waals surface area contributed by atoms with Gasteiger partial charge < -0.3 is 19.6 Å². The van der Waals surface area contributed by atoms with Crippen molar-refractivity contribution in [2.24, 2.45) is 0 Å². The number of nitrogens with zero attached hydrogens (tertiary/aromatic N) is 1. The number of morpholine rings is 1. The van der Waals surface area contributed by atoms with Crippen molar-refractivity contribution in [2.75, 3.05) is 39.5 Å². The highest BCUT2D eigenvalue weighted by Crippen LogP contribution is 2.40. The number of hydrogen-bond acceptors (Lipinski definition) is 4. The summed E-state index contributed by atoms with van der Waals surface area (Å²) in [6, 6.07) is 14.4. The van der Waals surface area contributed by atoms with Gasteiger partial charge >= 0.3 is 0 Å². The molecule has 0 radical (unpaired) electrons. The molecule has 5 nitrogen and oxygen atoms in total. The van der Waals surface area contributed by atoms with Crippen molar-refractivity contribution in [1.29, 1.82) is 0 Å². The average molecular weight is 441 g/mol. The van der Waals surface area contributed by atoms with E-state index in [1.165, 1.54) is 28.6 Å². The first-order chi connectivity index (χ1) is 15.2. The molecule has 2 N–H and O–H groups in total. The van der Waals surface area contributed by atoms with Crippen LogP contribution >= 0.6 is 11.6 Å². The number of hydrogen-bond donors (Lipinski definition) is 2. The van der Waals surface area contributed by atoms with E-state index >= 15 is 0 Å². The van der Waals surface area contributed by atoms with Gasteiger partial charge in [0.05, 0.1) is 13.2 Å². The van der Waals surface area contributed by atoms with Gasteiger partial charge in [-0.3, -0.25) is 4.90 Å². The van der Waals surface area contributed by atoms with Gasteiger partial charge in [0.1, 0.15) is 18.5 Å². The second-order valence-electron chi connectivity index (χ2n) is 8.60. The van der Waals surface area contributed by atoms with Gasteiger partial charge in [0.25, 0.3) is 0 Å². The fourth-order valence-corrected chi connectivity index (χ4v) is 5.06. The Hall–Kier alpha value is -2.05. The fourth-order valence-electron chi connectivity index (χ4n) is 4.89. The minimum absolute atomic E-state index is 0.299. The van der Waals surface area contributed by atoms with Crippen LogP contribution in [0.5, 0.6) is 5.75 Å². The summed E-state index contributed by atoms with van der Waals surface area (Å²) in [5.41, 5.74) is 5.17. The van der Waals surface area contributed by atoms with Gasteiger partial charge in [0.2, 0.25) is 0 Å². The van der Waals surface area contributed by atoms with Gasteiger partial charge in [0.15, 0.2) is 0 Å². The zero-order valence-electron chi connectivity index (χ0n) is 17.6. The lowest BCUT2D eigenvalue weighted by Gasteiger charge is -2.28. The first-order valence-corrected chi connectivity index (χ1v) is 11.6. The lowest BCUT2D eigenvalue weighted by Crippen LogP contribution is -2.42. The molecule has 2 atom stereocenters. The summed E-state index contributed by atoms with van der Waals surface area (Å²) in [5.74, 6) is 1.15. The largest absolute Gasteiger partial charge is 0.491 e. The molecule has 2 aliphatic rings. The summed E-state index contributed by atoms with van der Waals surface area (Å²) >= 11 is 6.24. The first-order valence-electron chi connectivity index (χ1n) is 11.2. The summed E-state index contributed by atoms with van der Waals surface area (Å²) in [6.45, 7) is 4.14. The molecule has 0 saturated carbocycles. The molecule has 6 heteroatoms. The Balaban J connectivity index is 1.25. The molecular formula is C25H29ClN2O3. The first kappa shape index (κ1) is 20.8. The molecular weight excluding hydrogens is 412 g/mol. The molecule has 2 aromatic carbocycles. The molecule has 1 fully saturated rings. The molecule has 0 amide bonds. The molecule has 1 aliphatic carbocycles. The number of aromatic amines is 1. The van der Waals surface area contributed by atoms with E-state index in [4.69, 9.17) is 21.1 Å². The van der Waals surface area contributed by atoms with Crippen LogP contribution in [0.2, 0.25) is 5.02 Å². The number of H-pyrrole nitrogens is 1. The van der Waals surface area contributed by atoms with E-state index in [9.17, 15) is 5.11 Å². The Morgan fingerprint density at radius 1 is 1.16 bits per heavy atom. The smallest absolute Gasteiger partial charge is 0.119 e. The van der Waals surface area contributed by atoms with Crippen LogP contribution in [0.1, 0.15) is 35.6 Å². The number of aliphatic hydroxyl groups is 1. The van der Waals surface area contributed by atoms with Gasteiger partial charge in [-0.05, 0) is 60.7 Å². The molecule has 2 unspecified atom stereocenters. The maximum atomic E-state index is 10.3. The van der Waals surface area contributed by atoms with Crippen LogP contribution < -0.4 is 4.74 Å². The Morgan fingerprint density at radius 2 is 1.97 bits per heavy atom. The Kier molecular flexibility index (Phi) is 6.19. The molecule has 3 aromatic rings. The Morgan fingerprint density at radius 3 is 2.77 bits per heavy atom. The molecule has 0 spiro atoms. The van der Waals surface area contributed by atoms with E-state index in [0.29, 0.717) is 19.1 Å². The third-order valence-electron chi connectivity index (χ3n) is 6.47. The minimum Gasteiger partial charge on any atom is -0.491 e. The molecule has 2 heterocycles. The highest BCUT2D eigenvalue weighted by atomic mass is 35.5. The van der Waals surface area contributed by atoms with Gasteiger partial charge in [-0.15, -0.1) is 0 Å². The zero-order chi connectivity index (χ0) is 21.2. The van der Waals surface area contributed by atoms with Crippen molar-refractivity contribution in [3.8, 4) is 5.75 Å². The lowest BCUT2D eigenvalue weighted by atomic mass is 9.82. The van der Waals surface area contributed by atoms with E-state index in [1.807, 2.05) is 18.2 Å². The van der Waals surface area contributed by atoms with E-state index in [0.717, 1.165) is 55.4 Å². The predicted octanol–water partition coefficient (Wildman–Crippen LogP) is 4.36. The van der Waals surface area contributed by atoms with Crippen LogP contribution in [0.3, 0.4) is 0 Å². The van der Waals surface area contributed by atoms with Crippen LogP contribution in [0.15, 0.2) is 42.5 Å². The van der Waals surface area contributed by atoms with Crippen molar-refractivity contribution in [1.82, 2.24) is 9.88 Å². The molecule has 164 valence electrons. The predicted molar refractivity (Wildman–Crippen MR) is 123 cm³/mol. The van der Waals surface area contributed by atoms with Crippen LogP contribution in [0.25, 0.3) is 10.9 Å². The van der Waals surface area contributed by atoms with E-state index in [1.54, 1.807) is 0 Å². The van der Waals surface area contributed by atoms with Gasteiger partial charge in [-0.1, -0.05) is 23.7 Å². The van der Waals surface area contributed by atoms with Crippen LogP contribution in [-0.2, 0) is 11.2 Å². The highest BCUT2D eigenvalue weighted by molar-refractivity contribution is 6.31. The van der Waals surface area contributed by atoms with E-state index in [2.05, 4.69) is 34.1 Å². The molecule has 1 aliphatic heterocycles. The number of aromatic nitrogens is 1. The number of rotatable bonds is 6. The zero-order valence-corrected chi connectivity index (χ0v) is 18.4. The number of aryl methyl sites for hydroxylation is 1. The normalized spacial score (nSPS) is 20.5. The number of halogens is 1. The maximum absolute atomic E-state index is 10.3. The summed E-state index contributed by atoms with van der Waals surface area (Å²) in [4.78, 5) is 5.87. The standard InChI is InChI=1S/C25H29ClN2O3/c26-18-6-9-24-23(14-18)22-3-1-2-21(25(22)27-24)17-4-7-20(8-5-17)31-16-19(29)15-28-10-12-30-13-11-28/h4-9,14,19,21,27,29H,1-3,10-13,15-16H2. The van der Waals surface area contributed by atoms with Crippen molar-refractivity contribution >= 4 is 22.5 Å². The van der Waals surface area contributed by atoms with Crippen molar-refractivity contribution < 1.29 is 14.6 Å². The van der Waals surface area contributed by atoms with Crippen molar-refractivity contribution in [2.45, 2.75) is 31.3 Å². The second kappa shape index (κ2) is 9.21. The van der Waals surface area contributed by atoms with Crippen LogP contribution in [0.4, 0.5) is 0 Å². The minimum atomic E-state index is -0.503. The SMILES string of the molecule is OC(COc1ccc(C2CCCc3c2[nH]c2ccc(Cl)cc32)cc1)CN1CCOCC1. The molecule has 1 aromatic heterocycles. The Bertz CT molecular complexity index is 1030. The summed E-state index contributed by atoms with van der Waals surface area (Å²) in [7, 11) is 0. The molecule has 0 bridgehead atoms. The maximum Gasteiger partial charge on any atom is 0.119 e. The molecule has 5 rings (SSSR count). The second-order valence-corrected chi connectivity index (χ2v) is 9.04. The molecule has 31 heavy (non-hydrogen) atoms. The number of benzene rings is 2. The number of nitrogens with one attached hydrogen (secondary N) is 1. The van der Waals surface area contributed by atoms with E-state index in [-0.39, 0.29) is 0 Å². The third-order valence-corrected chi connectivity index (χ3v) is 6.70. The monoisotopic (exact) mass is 440 g/mol. The van der Waals surface area contributed by atoms with Crippen LogP contribution in [-0.4, -0.2) is 60.5 Å².